The molecule has 1 aliphatic carbocycles. The first-order valence-electron chi connectivity index (χ1n) is 11.7. The molecule has 0 unspecified atom stereocenters. The number of hydrogen-bond donors (Lipinski definition) is 0. The minimum Gasteiger partial charge on any atom is -0.427 e. The zero-order valence-electron chi connectivity index (χ0n) is 18.9. The van der Waals surface area contributed by atoms with Crippen LogP contribution < -0.4 is 4.74 Å². The molecule has 0 radical (unpaired) electrons. The average Bonchev–Trinajstić information content (AvgIpc) is 2.78. The average molecular weight is 463 g/mol. The summed E-state index contributed by atoms with van der Waals surface area (Å²) in [6, 6.07) is 8.60. The Balaban J connectivity index is 1.59. The normalized spacial score (nSPS) is 18.1. The summed E-state index contributed by atoms with van der Waals surface area (Å²) in [7, 11) is 0. The van der Waals surface area contributed by atoms with Gasteiger partial charge in [-0.15, -0.1) is 0 Å². The van der Waals surface area contributed by atoms with E-state index in [4.69, 9.17) is 4.74 Å². The molecule has 1 saturated carbocycles. The zero-order valence-corrected chi connectivity index (χ0v) is 18.9. The van der Waals surface area contributed by atoms with Gasteiger partial charge in [0.15, 0.2) is 0 Å². The molecule has 2 nitrogen and oxygen atoms in total. The van der Waals surface area contributed by atoms with Gasteiger partial charge in [-0.1, -0.05) is 51.2 Å². The third kappa shape index (κ3) is 7.44. The van der Waals surface area contributed by atoms with E-state index >= 15 is 0 Å². The topological polar surface area (TPSA) is 26.3 Å². The number of aryl methyl sites for hydroxylation is 1. The molecule has 0 N–H and O–H groups in total. The SMILES string of the molecule is CCC1CCC(CCc2cc(F)c(-c3ccc(OC(=O)CCC=C(F)F)cc3)c(F)c2)CC1. The lowest BCUT2D eigenvalue weighted by Gasteiger charge is -2.27. The van der Waals surface area contributed by atoms with E-state index < -0.39 is 23.7 Å². The first-order chi connectivity index (χ1) is 15.9. The van der Waals surface area contributed by atoms with Crippen molar-refractivity contribution in [3.05, 3.63) is 65.8 Å². The van der Waals surface area contributed by atoms with Crippen molar-refractivity contribution in [2.45, 2.75) is 64.7 Å². The molecule has 6 heteroatoms. The molecule has 0 atom stereocenters. The van der Waals surface area contributed by atoms with Gasteiger partial charge in [-0.2, -0.15) is 8.78 Å². The quantitative estimate of drug-likeness (QED) is 0.213. The summed E-state index contributed by atoms with van der Waals surface area (Å²) >= 11 is 0. The first-order valence-corrected chi connectivity index (χ1v) is 11.7. The Bertz CT molecular complexity index is 934. The molecule has 3 rings (SSSR count). The molecule has 0 amide bonds. The van der Waals surface area contributed by atoms with Gasteiger partial charge in [-0.3, -0.25) is 4.79 Å². The standard InChI is InChI=1S/C27H30F4O2/c1-2-18-6-8-19(9-7-18)10-11-20-16-23(28)27(24(29)17-20)21-12-14-22(15-13-21)33-26(32)5-3-4-25(30)31/h4,12-19H,2-3,5-11H2,1H3. The Labute approximate surface area is 192 Å². The summed E-state index contributed by atoms with van der Waals surface area (Å²) in [5.74, 6) is -0.267. The van der Waals surface area contributed by atoms with Gasteiger partial charge in [0, 0.05) is 6.42 Å². The Morgan fingerprint density at radius 2 is 1.61 bits per heavy atom. The Morgan fingerprint density at radius 3 is 2.18 bits per heavy atom. The molecular weight excluding hydrogens is 432 g/mol. The first kappa shape index (κ1) is 25.0. The summed E-state index contributed by atoms with van der Waals surface area (Å²) < 4.78 is 58.7. The molecular formula is C27H30F4O2. The van der Waals surface area contributed by atoms with Crippen LogP contribution in [0.5, 0.6) is 5.75 Å². The van der Waals surface area contributed by atoms with E-state index in [1.54, 1.807) is 0 Å². The molecule has 1 aliphatic rings. The lowest BCUT2D eigenvalue weighted by atomic mass is 9.78. The van der Waals surface area contributed by atoms with Gasteiger partial charge in [0.1, 0.15) is 17.4 Å². The van der Waals surface area contributed by atoms with Gasteiger partial charge in [0.2, 0.25) is 0 Å². The third-order valence-electron chi connectivity index (χ3n) is 6.51. The second kappa shape index (κ2) is 12.0. The van der Waals surface area contributed by atoms with Crippen LogP contribution >= 0.6 is 0 Å². The summed E-state index contributed by atoms with van der Waals surface area (Å²) in [6.07, 6.45) is 6.22. The van der Waals surface area contributed by atoms with Gasteiger partial charge in [0.05, 0.1) is 5.56 Å². The van der Waals surface area contributed by atoms with E-state index in [1.807, 2.05) is 0 Å². The van der Waals surface area contributed by atoms with Crippen molar-refractivity contribution in [1.29, 1.82) is 0 Å². The second-order valence-corrected chi connectivity index (χ2v) is 8.80. The highest BCUT2D eigenvalue weighted by atomic mass is 19.3. The van der Waals surface area contributed by atoms with E-state index in [2.05, 4.69) is 6.92 Å². The maximum Gasteiger partial charge on any atom is 0.311 e. The van der Waals surface area contributed by atoms with Gasteiger partial charge in [-0.05, 0) is 72.6 Å². The van der Waals surface area contributed by atoms with Crippen LogP contribution in [0.25, 0.3) is 11.1 Å². The van der Waals surface area contributed by atoms with Crippen molar-refractivity contribution in [1.82, 2.24) is 0 Å². The van der Waals surface area contributed by atoms with Crippen LogP contribution in [0.3, 0.4) is 0 Å². The lowest BCUT2D eigenvalue weighted by Crippen LogP contribution is -2.14. The van der Waals surface area contributed by atoms with Gasteiger partial charge < -0.3 is 4.74 Å². The van der Waals surface area contributed by atoms with E-state index in [0.29, 0.717) is 29.5 Å². The largest absolute Gasteiger partial charge is 0.427 e. The summed E-state index contributed by atoms with van der Waals surface area (Å²) in [5, 5.41) is 0. The molecule has 0 heterocycles. The number of allylic oxidation sites excluding steroid dienone is 1. The van der Waals surface area contributed by atoms with Crippen LogP contribution in [0, 0.1) is 23.5 Å². The fourth-order valence-electron chi connectivity index (χ4n) is 4.52. The van der Waals surface area contributed by atoms with Crippen molar-refractivity contribution in [3.8, 4) is 16.9 Å². The highest BCUT2D eigenvalue weighted by Gasteiger charge is 2.20. The molecule has 0 bridgehead atoms. The number of carbonyl (C=O) groups is 1. The molecule has 0 aromatic heterocycles. The fraction of sp³-hybridized carbons (Fsp3) is 0.444. The van der Waals surface area contributed by atoms with E-state index in [1.165, 1.54) is 68.5 Å². The number of benzene rings is 2. The highest BCUT2D eigenvalue weighted by molar-refractivity contribution is 5.73. The molecule has 178 valence electrons. The van der Waals surface area contributed by atoms with Crippen molar-refractivity contribution >= 4 is 5.97 Å². The van der Waals surface area contributed by atoms with Crippen LogP contribution in [0.1, 0.15) is 63.9 Å². The van der Waals surface area contributed by atoms with Gasteiger partial charge in [-0.25, -0.2) is 8.78 Å². The Kier molecular flexibility index (Phi) is 9.10. The molecule has 2 aromatic carbocycles. The Morgan fingerprint density at radius 1 is 1.00 bits per heavy atom. The summed E-state index contributed by atoms with van der Waals surface area (Å²) in [5.41, 5.74) is 0.871. The minimum atomic E-state index is -1.85. The molecule has 0 saturated heterocycles. The monoisotopic (exact) mass is 462 g/mol. The van der Waals surface area contributed by atoms with E-state index in [9.17, 15) is 22.4 Å². The summed E-state index contributed by atoms with van der Waals surface area (Å²) in [4.78, 5) is 11.7. The molecule has 2 aromatic rings. The molecule has 0 spiro atoms. The van der Waals surface area contributed by atoms with Gasteiger partial charge >= 0.3 is 5.97 Å². The van der Waals surface area contributed by atoms with Gasteiger partial charge in [0.25, 0.3) is 6.08 Å². The van der Waals surface area contributed by atoms with Crippen LogP contribution in [-0.4, -0.2) is 5.97 Å². The van der Waals surface area contributed by atoms with Crippen molar-refractivity contribution < 1.29 is 27.1 Å². The van der Waals surface area contributed by atoms with E-state index in [-0.39, 0.29) is 24.2 Å². The number of carbonyl (C=O) groups excluding carboxylic acids is 1. The van der Waals surface area contributed by atoms with E-state index in [0.717, 1.165) is 12.3 Å². The Hall–Kier alpha value is -2.63. The minimum absolute atomic E-state index is 0.122. The van der Waals surface area contributed by atoms with Crippen molar-refractivity contribution in [3.63, 3.8) is 0 Å². The molecule has 33 heavy (non-hydrogen) atoms. The second-order valence-electron chi connectivity index (χ2n) is 8.80. The highest BCUT2D eigenvalue weighted by Crippen LogP contribution is 2.34. The smallest absolute Gasteiger partial charge is 0.311 e. The number of halogens is 4. The number of ether oxygens (including phenoxy) is 1. The number of rotatable bonds is 9. The maximum atomic E-state index is 14.8. The third-order valence-corrected chi connectivity index (χ3v) is 6.51. The fourth-order valence-corrected chi connectivity index (χ4v) is 4.52. The van der Waals surface area contributed by atoms with Crippen LogP contribution in [0.15, 0.2) is 48.6 Å². The number of esters is 1. The van der Waals surface area contributed by atoms with Crippen LogP contribution in [0.4, 0.5) is 17.6 Å². The maximum absolute atomic E-state index is 14.8. The predicted octanol–water partition coefficient (Wildman–Crippen LogP) is 8.25. The number of hydrogen-bond acceptors (Lipinski definition) is 2. The summed E-state index contributed by atoms with van der Waals surface area (Å²) in [6.45, 7) is 2.23. The van der Waals surface area contributed by atoms with Crippen molar-refractivity contribution in [2.24, 2.45) is 11.8 Å². The zero-order chi connectivity index (χ0) is 23.8. The van der Waals surface area contributed by atoms with Crippen LogP contribution in [0.2, 0.25) is 0 Å². The lowest BCUT2D eigenvalue weighted by molar-refractivity contribution is -0.134. The van der Waals surface area contributed by atoms with Crippen molar-refractivity contribution in [2.75, 3.05) is 0 Å². The molecule has 0 aliphatic heterocycles. The van der Waals surface area contributed by atoms with Crippen LogP contribution in [-0.2, 0) is 11.2 Å². The molecule has 1 fully saturated rings. The predicted molar refractivity (Wildman–Crippen MR) is 121 cm³/mol.